The fraction of sp³-hybridized carbons (Fsp3) is 0.0909. The predicted octanol–water partition coefficient (Wildman–Crippen LogP) is 4.91. The Morgan fingerprint density at radius 2 is 1.66 bits per heavy atom. The van der Waals surface area contributed by atoms with Crippen LogP contribution >= 0.6 is 11.6 Å². The van der Waals surface area contributed by atoms with E-state index in [-0.39, 0.29) is 18.5 Å². The molecular weight excluding hydrogens is 390 g/mol. The SMILES string of the molecule is O=C(Nc1ccc(Cl)cc1)Nc1ccc2c(c1)OCC(=O)N2Cc1ccccc1. The first-order valence-corrected chi connectivity index (χ1v) is 9.41. The van der Waals surface area contributed by atoms with E-state index in [2.05, 4.69) is 10.6 Å². The van der Waals surface area contributed by atoms with Crippen LogP contribution in [0.25, 0.3) is 0 Å². The molecule has 146 valence electrons. The number of benzene rings is 3. The Hall–Kier alpha value is -3.51. The van der Waals surface area contributed by atoms with Gasteiger partial charge in [-0.15, -0.1) is 0 Å². The summed E-state index contributed by atoms with van der Waals surface area (Å²) in [6, 6.07) is 21.4. The van der Waals surface area contributed by atoms with Gasteiger partial charge in [-0.1, -0.05) is 41.9 Å². The fourth-order valence-electron chi connectivity index (χ4n) is 3.05. The highest BCUT2D eigenvalue weighted by Gasteiger charge is 2.26. The minimum Gasteiger partial charge on any atom is -0.481 e. The van der Waals surface area contributed by atoms with E-state index in [0.29, 0.717) is 34.4 Å². The first kappa shape index (κ1) is 18.8. The molecule has 0 aromatic heterocycles. The maximum absolute atomic E-state index is 12.4. The lowest BCUT2D eigenvalue weighted by Gasteiger charge is -2.29. The number of nitrogens with one attached hydrogen (secondary N) is 2. The first-order valence-electron chi connectivity index (χ1n) is 9.03. The Morgan fingerprint density at radius 3 is 2.41 bits per heavy atom. The molecule has 6 nitrogen and oxygen atoms in total. The van der Waals surface area contributed by atoms with E-state index in [1.54, 1.807) is 47.4 Å². The number of ether oxygens (including phenoxy) is 1. The van der Waals surface area contributed by atoms with Crippen LogP contribution in [0, 0.1) is 0 Å². The molecule has 7 heteroatoms. The average Bonchev–Trinajstić information content (AvgIpc) is 2.72. The molecule has 1 heterocycles. The quantitative estimate of drug-likeness (QED) is 0.645. The van der Waals surface area contributed by atoms with Crippen molar-refractivity contribution in [2.45, 2.75) is 6.54 Å². The zero-order valence-corrected chi connectivity index (χ0v) is 16.1. The Morgan fingerprint density at radius 1 is 0.966 bits per heavy atom. The first-order chi connectivity index (χ1) is 14.1. The summed E-state index contributed by atoms with van der Waals surface area (Å²) >= 11 is 5.85. The van der Waals surface area contributed by atoms with E-state index in [0.717, 1.165) is 5.56 Å². The number of nitrogens with zero attached hydrogens (tertiary/aromatic N) is 1. The number of rotatable bonds is 4. The number of carbonyl (C=O) groups is 2. The number of anilines is 3. The van der Waals surface area contributed by atoms with Crippen LogP contribution in [0.5, 0.6) is 5.75 Å². The van der Waals surface area contributed by atoms with Crippen molar-refractivity contribution >= 4 is 40.6 Å². The molecule has 29 heavy (non-hydrogen) atoms. The summed E-state index contributed by atoms with van der Waals surface area (Å²) < 4.78 is 5.58. The van der Waals surface area contributed by atoms with Crippen LogP contribution in [-0.2, 0) is 11.3 Å². The van der Waals surface area contributed by atoms with Crippen LogP contribution in [0.2, 0.25) is 5.02 Å². The fourth-order valence-corrected chi connectivity index (χ4v) is 3.17. The standard InChI is InChI=1S/C22H18ClN3O3/c23-16-6-8-17(9-7-16)24-22(28)25-18-10-11-19-20(12-18)29-14-21(27)26(19)13-15-4-2-1-3-5-15/h1-12H,13-14H2,(H2,24,25,28). The summed E-state index contributed by atoms with van der Waals surface area (Å²) in [6.45, 7) is 0.417. The summed E-state index contributed by atoms with van der Waals surface area (Å²) in [6.07, 6.45) is 0. The van der Waals surface area contributed by atoms with E-state index in [1.165, 1.54) is 0 Å². The van der Waals surface area contributed by atoms with Gasteiger partial charge >= 0.3 is 6.03 Å². The molecular formula is C22H18ClN3O3. The largest absolute Gasteiger partial charge is 0.481 e. The summed E-state index contributed by atoms with van der Waals surface area (Å²) in [5.41, 5.74) is 2.89. The molecule has 3 amide bonds. The second kappa shape index (κ2) is 8.24. The number of carbonyl (C=O) groups excluding carboxylic acids is 2. The van der Waals surface area contributed by atoms with Crippen molar-refractivity contribution in [3.05, 3.63) is 83.4 Å². The molecule has 0 radical (unpaired) electrons. The molecule has 0 bridgehead atoms. The van der Waals surface area contributed by atoms with Gasteiger partial charge in [0.15, 0.2) is 6.61 Å². The molecule has 0 unspecified atom stereocenters. The van der Waals surface area contributed by atoms with Crippen molar-refractivity contribution in [1.82, 2.24) is 0 Å². The zero-order chi connectivity index (χ0) is 20.2. The van der Waals surface area contributed by atoms with Gasteiger partial charge in [-0.3, -0.25) is 4.79 Å². The maximum Gasteiger partial charge on any atom is 0.323 e. The molecule has 0 saturated carbocycles. The van der Waals surface area contributed by atoms with E-state index >= 15 is 0 Å². The third-order valence-corrected chi connectivity index (χ3v) is 4.70. The van der Waals surface area contributed by atoms with Gasteiger partial charge in [0.1, 0.15) is 5.75 Å². The van der Waals surface area contributed by atoms with Gasteiger partial charge in [0.2, 0.25) is 0 Å². The number of hydrogen-bond acceptors (Lipinski definition) is 3. The monoisotopic (exact) mass is 407 g/mol. The van der Waals surface area contributed by atoms with Crippen molar-refractivity contribution in [3.63, 3.8) is 0 Å². The number of hydrogen-bond donors (Lipinski definition) is 2. The van der Waals surface area contributed by atoms with Gasteiger partial charge in [-0.25, -0.2) is 4.79 Å². The molecule has 0 spiro atoms. The lowest BCUT2D eigenvalue weighted by Crippen LogP contribution is -2.38. The summed E-state index contributed by atoms with van der Waals surface area (Å²) in [5, 5.41) is 6.09. The highest BCUT2D eigenvalue weighted by atomic mass is 35.5. The number of fused-ring (bicyclic) bond motifs is 1. The third kappa shape index (κ3) is 4.50. The third-order valence-electron chi connectivity index (χ3n) is 4.45. The van der Waals surface area contributed by atoms with Crippen molar-refractivity contribution in [2.75, 3.05) is 22.1 Å². The van der Waals surface area contributed by atoms with E-state index in [9.17, 15) is 9.59 Å². The molecule has 3 aromatic rings. The van der Waals surface area contributed by atoms with Gasteiger partial charge in [0, 0.05) is 22.5 Å². The average molecular weight is 408 g/mol. The van der Waals surface area contributed by atoms with Crippen LogP contribution in [0.1, 0.15) is 5.56 Å². The molecule has 4 rings (SSSR count). The summed E-state index contributed by atoms with van der Waals surface area (Å²) in [4.78, 5) is 26.3. The van der Waals surface area contributed by atoms with Gasteiger partial charge in [-0.2, -0.15) is 0 Å². The topological polar surface area (TPSA) is 70.7 Å². The highest BCUT2D eigenvalue weighted by Crippen LogP contribution is 2.35. The summed E-state index contributed by atoms with van der Waals surface area (Å²) in [5.74, 6) is 0.437. The predicted molar refractivity (Wildman–Crippen MR) is 114 cm³/mol. The van der Waals surface area contributed by atoms with Crippen molar-refractivity contribution in [2.24, 2.45) is 0 Å². The van der Waals surface area contributed by atoms with E-state index < -0.39 is 0 Å². The van der Waals surface area contributed by atoms with E-state index in [4.69, 9.17) is 16.3 Å². The lowest BCUT2D eigenvalue weighted by molar-refractivity contribution is -0.121. The van der Waals surface area contributed by atoms with Crippen LogP contribution in [-0.4, -0.2) is 18.5 Å². The van der Waals surface area contributed by atoms with E-state index in [1.807, 2.05) is 30.3 Å². The van der Waals surface area contributed by atoms with Crippen LogP contribution in [0.15, 0.2) is 72.8 Å². The second-order valence-corrected chi connectivity index (χ2v) is 6.96. The molecule has 1 aliphatic heterocycles. The number of halogens is 1. The van der Waals surface area contributed by atoms with Gasteiger partial charge in [-0.05, 0) is 42.0 Å². The Kier molecular flexibility index (Phi) is 5.35. The maximum atomic E-state index is 12.4. The van der Waals surface area contributed by atoms with Crippen molar-refractivity contribution < 1.29 is 14.3 Å². The second-order valence-electron chi connectivity index (χ2n) is 6.52. The number of amides is 3. The van der Waals surface area contributed by atoms with Crippen molar-refractivity contribution in [1.29, 1.82) is 0 Å². The van der Waals surface area contributed by atoms with Crippen LogP contribution in [0.3, 0.4) is 0 Å². The molecule has 2 N–H and O–H groups in total. The molecule has 1 aliphatic rings. The minimum atomic E-state index is -0.389. The summed E-state index contributed by atoms with van der Waals surface area (Å²) in [7, 11) is 0. The molecule has 3 aromatic carbocycles. The Bertz CT molecular complexity index is 1040. The van der Waals surface area contributed by atoms with Gasteiger partial charge < -0.3 is 20.3 Å². The van der Waals surface area contributed by atoms with Gasteiger partial charge in [0.05, 0.1) is 12.2 Å². The molecule has 0 atom stereocenters. The normalized spacial score (nSPS) is 12.7. The Labute approximate surface area is 173 Å². The lowest BCUT2D eigenvalue weighted by atomic mass is 10.1. The van der Waals surface area contributed by atoms with Crippen molar-refractivity contribution in [3.8, 4) is 5.75 Å². The highest BCUT2D eigenvalue weighted by molar-refractivity contribution is 6.30. The molecule has 0 saturated heterocycles. The minimum absolute atomic E-state index is 0.0414. The zero-order valence-electron chi connectivity index (χ0n) is 15.4. The molecule has 0 fully saturated rings. The Balaban J connectivity index is 1.48. The number of urea groups is 1. The smallest absolute Gasteiger partial charge is 0.323 e. The molecule has 0 aliphatic carbocycles. The van der Waals surface area contributed by atoms with Crippen LogP contribution in [0.4, 0.5) is 21.9 Å². The van der Waals surface area contributed by atoms with Gasteiger partial charge in [0.25, 0.3) is 5.91 Å². The van der Waals surface area contributed by atoms with Crippen LogP contribution < -0.4 is 20.3 Å².